The third-order valence-corrected chi connectivity index (χ3v) is 2.22. The minimum atomic E-state index is -1.19. The summed E-state index contributed by atoms with van der Waals surface area (Å²) in [5.41, 5.74) is 0.621. The zero-order valence-electron chi connectivity index (χ0n) is 9.34. The van der Waals surface area contributed by atoms with Crippen LogP contribution >= 0.6 is 0 Å². The highest BCUT2D eigenvalue weighted by atomic mass is 16.4. The van der Waals surface area contributed by atoms with Gasteiger partial charge in [0.1, 0.15) is 5.56 Å². The van der Waals surface area contributed by atoms with Gasteiger partial charge in [-0.2, -0.15) is 0 Å². The zero-order chi connectivity index (χ0) is 11.8. The second kappa shape index (κ2) is 3.53. The molecule has 0 aromatic carbocycles. The number of H-pyrrole nitrogens is 1. The molecule has 0 aliphatic heterocycles. The van der Waals surface area contributed by atoms with Crippen molar-refractivity contribution < 1.29 is 9.90 Å². The quantitative estimate of drug-likeness (QED) is 0.739. The standard InChI is InChI=1S/C11H15NO3/c1-6-5-7(10(14)15)9(13)12-8(6)11(2,3)4/h5H,1-4H3,(H,12,13)(H,14,15). The Labute approximate surface area is 88.0 Å². The van der Waals surface area contributed by atoms with E-state index in [0.717, 1.165) is 11.3 Å². The monoisotopic (exact) mass is 209 g/mol. The molecule has 2 N–H and O–H groups in total. The summed E-state index contributed by atoms with van der Waals surface area (Å²) < 4.78 is 0. The number of carbonyl (C=O) groups is 1. The molecule has 0 fully saturated rings. The smallest absolute Gasteiger partial charge is 0.341 e. The lowest BCUT2D eigenvalue weighted by molar-refractivity contribution is 0.0694. The van der Waals surface area contributed by atoms with Crippen molar-refractivity contribution in [3.63, 3.8) is 0 Å². The van der Waals surface area contributed by atoms with Crippen molar-refractivity contribution in [2.24, 2.45) is 0 Å². The fourth-order valence-corrected chi connectivity index (χ4v) is 1.57. The van der Waals surface area contributed by atoms with Crippen molar-refractivity contribution >= 4 is 5.97 Å². The molecule has 0 aliphatic carbocycles. The summed E-state index contributed by atoms with van der Waals surface area (Å²) in [6.07, 6.45) is 0. The number of nitrogens with one attached hydrogen (secondary N) is 1. The number of aromatic amines is 1. The second-order valence-corrected chi connectivity index (χ2v) is 4.63. The number of carboxylic acids is 1. The highest BCUT2D eigenvalue weighted by molar-refractivity contribution is 5.87. The van der Waals surface area contributed by atoms with E-state index in [1.165, 1.54) is 6.07 Å². The van der Waals surface area contributed by atoms with Gasteiger partial charge in [0.25, 0.3) is 5.56 Å². The molecule has 1 rings (SSSR count). The third-order valence-electron chi connectivity index (χ3n) is 2.22. The Kier molecular flexibility index (Phi) is 2.71. The molecule has 0 spiro atoms. The first kappa shape index (κ1) is 11.5. The van der Waals surface area contributed by atoms with Crippen molar-refractivity contribution in [1.29, 1.82) is 0 Å². The van der Waals surface area contributed by atoms with E-state index in [-0.39, 0.29) is 11.0 Å². The van der Waals surface area contributed by atoms with E-state index >= 15 is 0 Å². The van der Waals surface area contributed by atoms with Crippen molar-refractivity contribution in [2.45, 2.75) is 33.1 Å². The van der Waals surface area contributed by atoms with E-state index in [9.17, 15) is 9.59 Å². The zero-order valence-corrected chi connectivity index (χ0v) is 9.34. The highest BCUT2D eigenvalue weighted by Gasteiger charge is 2.20. The highest BCUT2D eigenvalue weighted by Crippen LogP contribution is 2.22. The number of hydrogen-bond donors (Lipinski definition) is 2. The molecule has 1 aromatic rings. The number of aromatic carboxylic acids is 1. The molecule has 1 heterocycles. The average Bonchev–Trinajstić information content (AvgIpc) is 2.06. The molecule has 0 unspecified atom stereocenters. The second-order valence-electron chi connectivity index (χ2n) is 4.63. The number of aromatic nitrogens is 1. The summed E-state index contributed by atoms with van der Waals surface area (Å²) >= 11 is 0. The SMILES string of the molecule is Cc1cc(C(=O)O)c(=O)[nH]c1C(C)(C)C. The molecule has 0 amide bonds. The van der Waals surface area contributed by atoms with Gasteiger partial charge in [-0.15, -0.1) is 0 Å². The van der Waals surface area contributed by atoms with Gasteiger partial charge < -0.3 is 10.1 Å². The third kappa shape index (κ3) is 2.26. The van der Waals surface area contributed by atoms with Crippen LogP contribution in [-0.4, -0.2) is 16.1 Å². The maximum atomic E-state index is 11.4. The summed E-state index contributed by atoms with van der Waals surface area (Å²) in [6, 6.07) is 1.42. The predicted octanol–water partition coefficient (Wildman–Crippen LogP) is 1.68. The predicted molar refractivity (Wildman–Crippen MR) is 57.5 cm³/mol. The van der Waals surface area contributed by atoms with Gasteiger partial charge in [-0.05, 0) is 18.6 Å². The first-order chi connectivity index (χ1) is 6.73. The minimum Gasteiger partial charge on any atom is -0.477 e. The lowest BCUT2D eigenvalue weighted by Gasteiger charge is -2.21. The van der Waals surface area contributed by atoms with Crippen LogP contribution in [0.15, 0.2) is 10.9 Å². The number of carboxylic acid groups (broad SMARTS) is 1. The number of rotatable bonds is 1. The van der Waals surface area contributed by atoms with Crippen LogP contribution < -0.4 is 5.56 Å². The minimum absolute atomic E-state index is 0.194. The first-order valence-electron chi connectivity index (χ1n) is 4.71. The summed E-state index contributed by atoms with van der Waals surface area (Å²) in [5.74, 6) is -1.19. The summed E-state index contributed by atoms with van der Waals surface area (Å²) in [5, 5.41) is 8.76. The molecule has 0 aliphatic rings. The van der Waals surface area contributed by atoms with E-state index in [0.29, 0.717) is 0 Å². The maximum Gasteiger partial charge on any atom is 0.341 e. The molecular formula is C11H15NO3. The maximum absolute atomic E-state index is 11.4. The number of pyridine rings is 1. The van der Waals surface area contributed by atoms with Gasteiger partial charge in [0.15, 0.2) is 0 Å². The van der Waals surface area contributed by atoms with Gasteiger partial charge in [-0.3, -0.25) is 4.79 Å². The van der Waals surface area contributed by atoms with Crippen LogP contribution in [0.25, 0.3) is 0 Å². The molecule has 4 heteroatoms. The first-order valence-corrected chi connectivity index (χ1v) is 4.71. The van der Waals surface area contributed by atoms with Crippen molar-refractivity contribution in [1.82, 2.24) is 4.98 Å². The molecule has 15 heavy (non-hydrogen) atoms. The molecule has 0 saturated heterocycles. The Balaban J connectivity index is 3.46. The summed E-state index contributed by atoms with van der Waals surface area (Å²) in [4.78, 5) is 24.8. The van der Waals surface area contributed by atoms with Gasteiger partial charge in [-0.1, -0.05) is 20.8 Å². The van der Waals surface area contributed by atoms with Gasteiger partial charge in [0, 0.05) is 11.1 Å². The molecule has 0 atom stereocenters. The van der Waals surface area contributed by atoms with Gasteiger partial charge in [0.05, 0.1) is 0 Å². The summed E-state index contributed by atoms with van der Waals surface area (Å²) in [7, 11) is 0. The van der Waals surface area contributed by atoms with Crippen LogP contribution in [0, 0.1) is 6.92 Å². The molecule has 0 bridgehead atoms. The Hall–Kier alpha value is -1.58. The fraction of sp³-hybridized carbons (Fsp3) is 0.455. The van der Waals surface area contributed by atoms with Crippen molar-refractivity contribution in [3.8, 4) is 0 Å². The van der Waals surface area contributed by atoms with E-state index in [2.05, 4.69) is 4.98 Å². The van der Waals surface area contributed by atoms with Crippen LogP contribution in [0.3, 0.4) is 0 Å². The van der Waals surface area contributed by atoms with Crippen molar-refractivity contribution in [2.75, 3.05) is 0 Å². The molecular weight excluding hydrogens is 194 g/mol. The van der Waals surface area contributed by atoms with E-state index in [1.54, 1.807) is 6.92 Å². The normalized spacial score (nSPS) is 11.5. The van der Waals surface area contributed by atoms with Gasteiger partial charge in [-0.25, -0.2) is 4.79 Å². The van der Waals surface area contributed by atoms with Crippen LogP contribution in [0.5, 0.6) is 0 Å². The van der Waals surface area contributed by atoms with Gasteiger partial charge in [0.2, 0.25) is 0 Å². The summed E-state index contributed by atoms with van der Waals surface area (Å²) in [6.45, 7) is 7.69. The number of aryl methyl sites for hydroxylation is 1. The average molecular weight is 209 g/mol. The molecule has 4 nitrogen and oxygen atoms in total. The van der Waals surface area contributed by atoms with Gasteiger partial charge >= 0.3 is 5.97 Å². The van der Waals surface area contributed by atoms with Crippen LogP contribution in [-0.2, 0) is 5.41 Å². The fourth-order valence-electron chi connectivity index (χ4n) is 1.57. The Morgan fingerprint density at radius 3 is 2.33 bits per heavy atom. The van der Waals surface area contributed by atoms with Crippen LogP contribution in [0.2, 0.25) is 0 Å². The lowest BCUT2D eigenvalue weighted by Crippen LogP contribution is -2.25. The number of hydrogen-bond acceptors (Lipinski definition) is 2. The van der Waals surface area contributed by atoms with Crippen LogP contribution in [0.1, 0.15) is 42.4 Å². The van der Waals surface area contributed by atoms with Crippen LogP contribution in [0.4, 0.5) is 0 Å². The van der Waals surface area contributed by atoms with Crippen molar-refractivity contribution in [3.05, 3.63) is 33.2 Å². The Bertz CT molecular complexity index is 452. The Morgan fingerprint density at radius 1 is 1.40 bits per heavy atom. The lowest BCUT2D eigenvalue weighted by atomic mass is 9.88. The molecule has 1 aromatic heterocycles. The molecule has 0 radical (unpaired) electrons. The Morgan fingerprint density at radius 2 is 1.93 bits per heavy atom. The molecule has 0 saturated carbocycles. The van der Waals surface area contributed by atoms with E-state index in [4.69, 9.17) is 5.11 Å². The van der Waals surface area contributed by atoms with E-state index < -0.39 is 11.5 Å². The topological polar surface area (TPSA) is 70.2 Å². The largest absolute Gasteiger partial charge is 0.477 e. The van der Waals surface area contributed by atoms with E-state index in [1.807, 2.05) is 20.8 Å². The molecule has 82 valence electrons.